The highest BCUT2D eigenvalue weighted by Crippen LogP contribution is 2.42. The van der Waals surface area contributed by atoms with Gasteiger partial charge in [-0.2, -0.15) is 0 Å². The van der Waals surface area contributed by atoms with Crippen LogP contribution in [0.2, 0.25) is 0 Å². The van der Waals surface area contributed by atoms with Gasteiger partial charge in [0, 0.05) is 48.7 Å². The topological polar surface area (TPSA) is 39.3 Å². The van der Waals surface area contributed by atoms with Crippen molar-refractivity contribution in [2.24, 2.45) is 0 Å². The molecule has 1 atom stereocenters. The lowest BCUT2D eigenvalue weighted by molar-refractivity contribution is -0.119. The van der Waals surface area contributed by atoms with Crippen molar-refractivity contribution >= 4 is 28.1 Å². The van der Waals surface area contributed by atoms with E-state index in [1.807, 2.05) is 17.2 Å². The highest BCUT2D eigenvalue weighted by molar-refractivity contribution is 5.99. The Morgan fingerprint density at radius 2 is 2.06 bits per heavy atom. The Hall–Kier alpha value is -2.92. The molecular formula is C28H30FN3O. The molecule has 1 amide bonds. The molecule has 0 fully saturated rings. The number of carbonyl (C=O) groups is 1. The van der Waals surface area contributed by atoms with E-state index in [1.165, 1.54) is 34.0 Å². The number of halogens is 1. The van der Waals surface area contributed by atoms with Gasteiger partial charge in [-0.15, -0.1) is 0 Å². The van der Waals surface area contributed by atoms with E-state index < -0.39 is 0 Å². The second-order valence-electron chi connectivity index (χ2n) is 9.87. The summed E-state index contributed by atoms with van der Waals surface area (Å²) in [5, 5.41) is 0.977. The van der Waals surface area contributed by atoms with Crippen molar-refractivity contribution in [3.8, 4) is 0 Å². The molecule has 0 spiro atoms. The van der Waals surface area contributed by atoms with E-state index in [0.29, 0.717) is 12.3 Å². The Kier molecular flexibility index (Phi) is 5.10. The smallest absolute Gasteiger partial charge is 0.227 e. The van der Waals surface area contributed by atoms with Crippen molar-refractivity contribution in [2.75, 3.05) is 31.1 Å². The van der Waals surface area contributed by atoms with Gasteiger partial charge >= 0.3 is 0 Å². The van der Waals surface area contributed by atoms with Gasteiger partial charge in [-0.05, 0) is 78.6 Å². The molecule has 3 aliphatic rings. The summed E-state index contributed by atoms with van der Waals surface area (Å²) in [6.45, 7) is 6.10. The Morgan fingerprint density at radius 3 is 2.91 bits per heavy atom. The fourth-order valence-electron chi connectivity index (χ4n) is 5.93. The van der Waals surface area contributed by atoms with Crippen LogP contribution in [0.3, 0.4) is 0 Å². The van der Waals surface area contributed by atoms with Crippen LogP contribution in [0.4, 0.5) is 10.1 Å². The molecular weight excluding hydrogens is 413 g/mol. The van der Waals surface area contributed by atoms with Crippen molar-refractivity contribution < 1.29 is 9.18 Å². The number of H-pyrrole nitrogens is 1. The SMILES string of the molecule is CC1CC(=O)N2CCc3cc(CCCN4CC=C(c5c[nH]c6ccc(F)cc56)CC4)cc1c32. The normalized spacial score (nSPS) is 20.4. The Morgan fingerprint density at radius 1 is 1.15 bits per heavy atom. The van der Waals surface area contributed by atoms with Gasteiger partial charge in [-0.3, -0.25) is 9.69 Å². The zero-order valence-corrected chi connectivity index (χ0v) is 19.2. The first-order chi connectivity index (χ1) is 16.1. The number of fused-ring (bicyclic) bond motifs is 1. The molecule has 1 N–H and O–H groups in total. The number of anilines is 1. The molecule has 4 nitrogen and oxygen atoms in total. The van der Waals surface area contributed by atoms with Crippen LogP contribution < -0.4 is 4.90 Å². The molecule has 0 aliphatic carbocycles. The maximum absolute atomic E-state index is 13.7. The fourth-order valence-corrected chi connectivity index (χ4v) is 5.93. The molecule has 6 rings (SSSR count). The maximum atomic E-state index is 13.7. The molecule has 0 bridgehead atoms. The third kappa shape index (κ3) is 3.68. The van der Waals surface area contributed by atoms with Crippen LogP contribution in [0.15, 0.2) is 42.6 Å². The standard InChI is InChI=1S/C28H30FN3O/c1-18-13-27(33)32-12-8-21-14-19(15-23(18)28(21)32)3-2-9-31-10-6-20(7-11-31)25-17-30-26-5-4-22(29)16-24(25)26/h4-6,14-18,30H,2-3,7-13H2,1H3. The summed E-state index contributed by atoms with van der Waals surface area (Å²) in [7, 11) is 0. The minimum absolute atomic E-state index is 0.184. The highest BCUT2D eigenvalue weighted by Gasteiger charge is 2.34. The molecule has 4 heterocycles. The number of nitrogens with zero attached hydrogens (tertiary/aromatic N) is 2. The van der Waals surface area contributed by atoms with Gasteiger partial charge in [0.25, 0.3) is 0 Å². The molecule has 3 aromatic rings. The molecule has 170 valence electrons. The van der Waals surface area contributed by atoms with Crippen LogP contribution in [-0.2, 0) is 17.6 Å². The molecule has 3 aliphatic heterocycles. The zero-order valence-electron chi connectivity index (χ0n) is 19.2. The molecule has 0 saturated heterocycles. The predicted octanol–water partition coefficient (Wildman–Crippen LogP) is 5.43. The molecule has 0 saturated carbocycles. The number of aromatic amines is 1. The number of rotatable bonds is 5. The summed E-state index contributed by atoms with van der Waals surface area (Å²) in [5.74, 6) is 0.428. The molecule has 1 unspecified atom stereocenters. The lowest BCUT2D eigenvalue weighted by Crippen LogP contribution is -2.34. The van der Waals surface area contributed by atoms with Gasteiger partial charge < -0.3 is 9.88 Å². The first-order valence-electron chi connectivity index (χ1n) is 12.2. The van der Waals surface area contributed by atoms with Crippen LogP contribution in [0.5, 0.6) is 0 Å². The van der Waals surface area contributed by atoms with Crippen LogP contribution in [0.25, 0.3) is 16.5 Å². The number of hydrogen-bond donors (Lipinski definition) is 1. The highest BCUT2D eigenvalue weighted by atomic mass is 19.1. The number of carbonyl (C=O) groups excluding carboxylic acids is 1. The number of aromatic nitrogens is 1. The molecule has 2 aromatic carbocycles. The van der Waals surface area contributed by atoms with E-state index in [-0.39, 0.29) is 11.7 Å². The zero-order chi connectivity index (χ0) is 22.5. The van der Waals surface area contributed by atoms with E-state index in [9.17, 15) is 9.18 Å². The lowest BCUT2D eigenvalue weighted by atomic mass is 9.88. The van der Waals surface area contributed by atoms with Crippen molar-refractivity contribution in [1.29, 1.82) is 0 Å². The minimum atomic E-state index is -0.184. The van der Waals surface area contributed by atoms with Gasteiger partial charge in [0.15, 0.2) is 0 Å². The number of aryl methyl sites for hydroxylation is 1. The summed E-state index contributed by atoms with van der Waals surface area (Å²) in [6.07, 6.45) is 9.17. The summed E-state index contributed by atoms with van der Waals surface area (Å²) in [6, 6.07) is 9.65. The van der Waals surface area contributed by atoms with E-state index in [0.717, 1.165) is 68.3 Å². The van der Waals surface area contributed by atoms with Crippen molar-refractivity contribution in [3.05, 3.63) is 70.7 Å². The summed E-state index contributed by atoms with van der Waals surface area (Å²) in [4.78, 5) is 20.1. The third-order valence-corrected chi connectivity index (χ3v) is 7.69. The van der Waals surface area contributed by atoms with Gasteiger partial charge in [-0.1, -0.05) is 25.1 Å². The maximum Gasteiger partial charge on any atom is 0.227 e. The van der Waals surface area contributed by atoms with E-state index >= 15 is 0 Å². The van der Waals surface area contributed by atoms with Gasteiger partial charge in [0.2, 0.25) is 5.91 Å². The second-order valence-corrected chi connectivity index (χ2v) is 9.87. The fraction of sp³-hybridized carbons (Fsp3) is 0.393. The molecule has 1 aromatic heterocycles. The molecule has 5 heteroatoms. The number of nitrogens with one attached hydrogen (secondary N) is 1. The van der Waals surface area contributed by atoms with E-state index in [2.05, 4.69) is 35.0 Å². The van der Waals surface area contributed by atoms with Crippen LogP contribution >= 0.6 is 0 Å². The van der Waals surface area contributed by atoms with Gasteiger partial charge in [0.1, 0.15) is 5.82 Å². The molecule has 33 heavy (non-hydrogen) atoms. The first-order valence-corrected chi connectivity index (χ1v) is 12.2. The second kappa shape index (κ2) is 8.14. The van der Waals surface area contributed by atoms with E-state index in [4.69, 9.17) is 0 Å². The average molecular weight is 444 g/mol. The van der Waals surface area contributed by atoms with Crippen molar-refractivity contribution in [3.63, 3.8) is 0 Å². The van der Waals surface area contributed by atoms with Crippen LogP contribution in [0, 0.1) is 5.82 Å². The predicted molar refractivity (Wildman–Crippen MR) is 131 cm³/mol. The van der Waals surface area contributed by atoms with E-state index in [1.54, 1.807) is 6.07 Å². The number of amides is 1. The summed E-state index contributed by atoms with van der Waals surface area (Å²) >= 11 is 0. The average Bonchev–Trinajstić information content (AvgIpc) is 3.42. The van der Waals surface area contributed by atoms with Crippen LogP contribution in [-0.4, -0.2) is 42.0 Å². The van der Waals surface area contributed by atoms with Crippen LogP contribution in [0.1, 0.15) is 54.4 Å². The number of hydrogen-bond acceptors (Lipinski definition) is 2. The first kappa shape index (κ1) is 20.7. The Labute approximate surface area is 194 Å². The Bertz CT molecular complexity index is 1270. The quantitative estimate of drug-likeness (QED) is 0.572. The Balaban J connectivity index is 1.09. The minimum Gasteiger partial charge on any atom is -0.361 e. The lowest BCUT2D eigenvalue weighted by Gasteiger charge is -2.30. The van der Waals surface area contributed by atoms with Gasteiger partial charge in [0.05, 0.1) is 5.69 Å². The summed E-state index contributed by atoms with van der Waals surface area (Å²) in [5.41, 5.74) is 8.81. The van der Waals surface area contributed by atoms with Crippen molar-refractivity contribution in [1.82, 2.24) is 9.88 Å². The summed E-state index contributed by atoms with van der Waals surface area (Å²) < 4.78 is 13.7. The monoisotopic (exact) mass is 443 g/mol. The molecule has 0 radical (unpaired) electrons. The van der Waals surface area contributed by atoms with Crippen molar-refractivity contribution in [2.45, 2.75) is 44.9 Å². The largest absolute Gasteiger partial charge is 0.361 e. The van der Waals surface area contributed by atoms with Gasteiger partial charge in [-0.25, -0.2) is 4.39 Å². The third-order valence-electron chi connectivity index (χ3n) is 7.69. The number of benzene rings is 2.